The fourth-order valence-corrected chi connectivity index (χ4v) is 11.2. The van der Waals surface area contributed by atoms with E-state index in [1.165, 1.54) is 327 Å². The largest absolute Gasteiger partial charge is 0.466 e. The molecule has 0 spiro atoms. The normalized spacial score (nSPS) is 12.5. The molecule has 0 aromatic rings. The van der Waals surface area contributed by atoms with Crippen LogP contribution in [0, 0.1) is 0 Å². The molecular weight excluding hydrogens is 935 g/mol. The van der Waals surface area contributed by atoms with E-state index in [2.05, 4.69) is 31.3 Å². The van der Waals surface area contributed by atoms with Gasteiger partial charge in [-0.15, -0.1) is 0 Å². The number of amides is 1. The topological polar surface area (TPSA) is 95.9 Å². The van der Waals surface area contributed by atoms with Crippen LogP contribution in [0.2, 0.25) is 0 Å². The number of hydrogen-bond donors (Lipinski definition) is 3. The fraction of sp³-hybridized carbons (Fsp3) is 0.943. The van der Waals surface area contributed by atoms with Crippen molar-refractivity contribution in [3.8, 4) is 0 Å². The Morgan fingerprint density at radius 1 is 0.355 bits per heavy atom. The number of ether oxygens (including phenoxy) is 1. The molecule has 0 aromatic carbocycles. The van der Waals surface area contributed by atoms with Gasteiger partial charge in [0.25, 0.3) is 0 Å². The summed E-state index contributed by atoms with van der Waals surface area (Å²) >= 11 is 0. The Hall–Kier alpha value is -1.40. The summed E-state index contributed by atoms with van der Waals surface area (Å²) in [5, 5.41) is 23.2. The molecule has 2 unspecified atom stereocenters. The maximum absolute atomic E-state index is 12.5. The Morgan fingerprint density at radius 2 is 0.618 bits per heavy atom. The van der Waals surface area contributed by atoms with Crippen LogP contribution in [0.4, 0.5) is 0 Å². The molecule has 452 valence electrons. The third-order valence-corrected chi connectivity index (χ3v) is 16.6. The average Bonchev–Trinajstić information content (AvgIpc) is 3.42. The number of esters is 1. The minimum atomic E-state index is -0.662. The van der Waals surface area contributed by atoms with Gasteiger partial charge in [0.2, 0.25) is 5.91 Å². The quantitative estimate of drug-likeness (QED) is 0.0320. The molecular formula is C70H137NO5. The van der Waals surface area contributed by atoms with Gasteiger partial charge in [-0.05, 0) is 51.4 Å². The number of carbonyl (C=O) groups is 2. The lowest BCUT2D eigenvalue weighted by atomic mass is 10.0. The molecule has 6 nitrogen and oxygen atoms in total. The number of allylic oxidation sites excluding steroid dienone is 2. The van der Waals surface area contributed by atoms with Crippen molar-refractivity contribution in [2.45, 2.75) is 411 Å². The number of unbranched alkanes of at least 4 members (excludes halogenated alkanes) is 53. The first-order chi connectivity index (χ1) is 37.5. The Bertz CT molecular complexity index is 1140. The van der Waals surface area contributed by atoms with Crippen LogP contribution in [0.1, 0.15) is 399 Å². The minimum Gasteiger partial charge on any atom is -0.466 e. The monoisotopic (exact) mass is 1070 g/mol. The van der Waals surface area contributed by atoms with Crippen molar-refractivity contribution in [3.05, 3.63) is 12.2 Å². The summed E-state index contributed by atoms with van der Waals surface area (Å²) in [7, 11) is 0. The molecule has 0 fully saturated rings. The lowest BCUT2D eigenvalue weighted by Crippen LogP contribution is -2.45. The van der Waals surface area contributed by atoms with Crippen LogP contribution >= 0.6 is 0 Å². The number of carbonyl (C=O) groups excluding carboxylic acids is 2. The Labute approximate surface area is 476 Å². The van der Waals surface area contributed by atoms with Gasteiger partial charge in [-0.25, -0.2) is 0 Å². The van der Waals surface area contributed by atoms with Gasteiger partial charge in [0, 0.05) is 12.8 Å². The van der Waals surface area contributed by atoms with Crippen LogP contribution in [0.25, 0.3) is 0 Å². The van der Waals surface area contributed by atoms with Crippen molar-refractivity contribution in [2.75, 3.05) is 13.2 Å². The smallest absolute Gasteiger partial charge is 0.305 e. The first-order valence-corrected chi connectivity index (χ1v) is 34.9. The highest BCUT2D eigenvalue weighted by Gasteiger charge is 2.20. The summed E-state index contributed by atoms with van der Waals surface area (Å²) in [5.74, 6) is -0.0117. The van der Waals surface area contributed by atoms with Crippen LogP contribution in [0.5, 0.6) is 0 Å². The van der Waals surface area contributed by atoms with Gasteiger partial charge < -0.3 is 20.3 Å². The standard InChI is InChI=1S/C70H137NO5/c1-3-5-7-9-11-13-15-17-18-19-30-34-37-40-44-48-52-56-60-64-70(75)76-65-61-57-53-49-45-41-38-35-32-29-27-25-23-21-20-22-24-26-28-31-33-36-39-43-47-51-55-59-63-69(74)71-67(66-72)68(73)62-58-54-50-46-42-16-14-12-10-8-6-4-2/h20-21,67-68,72-73H,3-19,22-66H2,1-2H3,(H,71,74)/b21-20-. The second-order valence-electron chi connectivity index (χ2n) is 24.2. The maximum atomic E-state index is 12.5. The molecule has 0 heterocycles. The Morgan fingerprint density at radius 3 is 0.934 bits per heavy atom. The summed E-state index contributed by atoms with van der Waals surface area (Å²) in [4.78, 5) is 24.6. The highest BCUT2D eigenvalue weighted by molar-refractivity contribution is 5.76. The molecule has 0 saturated carbocycles. The summed E-state index contributed by atoms with van der Waals surface area (Å²) in [6.45, 7) is 4.99. The molecule has 76 heavy (non-hydrogen) atoms. The highest BCUT2D eigenvalue weighted by Crippen LogP contribution is 2.19. The lowest BCUT2D eigenvalue weighted by Gasteiger charge is -2.22. The van der Waals surface area contributed by atoms with Crippen LogP contribution in [0.15, 0.2) is 12.2 Å². The van der Waals surface area contributed by atoms with E-state index in [0.717, 1.165) is 38.5 Å². The molecule has 0 rings (SSSR count). The fourth-order valence-electron chi connectivity index (χ4n) is 11.2. The van der Waals surface area contributed by atoms with Crippen molar-refractivity contribution in [1.29, 1.82) is 0 Å². The van der Waals surface area contributed by atoms with E-state index < -0.39 is 12.1 Å². The van der Waals surface area contributed by atoms with Gasteiger partial charge in [0.15, 0.2) is 0 Å². The van der Waals surface area contributed by atoms with Crippen molar-refractivity contribution < 1.29 is 24.5 Å². The summed E-state index contributed by atoms with van der Waals surface area (Å²) in [5.41, 5.74) is 0. The van der Waals surface area contributed by atoms with E-state index in [1.54, 1.807) is 0 Å². The van der Waals surface area contributed by atoms with Gasteiger partial charge in [0.05, 0.1) is 25.4 Å². The van der Waals surface area contributed by atoms with Gasteiger partial charge in [-0.1, -0.05) is 347 Å². The molecule has 6 heteroatoms. The van der Waals surface area contributed by atoms with Crippen molar-refractivity contribution in [1.82, 2.24) is 5.32 Å². The van der Waals surface area contributed by atoms with Crippen LogP contribution < -0.4 is 5.32 Å². The zero-order valence-electron chi connectivity index (χ0n) is 51.8. The molecule has 0 aliphatic heterocycles. The predicted molar refractivity (Wildman–Crippen MR) is 333 cm³/mol. The van der Waals surface area contributed by atoms with Crippen molar-refractivity contribution in [3.63, 3.8) is 0 Å². The maximum Gasteiger partial charge on any atom is 0.305 e. The van der Waals surface area contributed by atoms with Crippen molar-refractivity contribution >= 4 is 11.9 Å². The summed E-state index contributed by atoms with van der Waals surface area (Å²) in [6, 6.07) is -0.540. The van der Waals surface area contributed by atoms with E-state index >= 15 is 0 Å². The number of rotatable bonds is 66. The first-order valence-electron chi connectivity index (χ1n) is 34.9. The molecule has 0 saturated heterocycles. The molecule has 0 radical (unpaired) electrons. The SMILES string of the molecule is CCCCCCCCCCCCCCCCCCCCCC(=O)OCCCCCCCCCCCCCC/C=C\CCCCCCCCCCCCCCC(=O)NC(CO)C(O)CCCCCCCCCCCCCC. The van der Waals surface area contributed by atoms with E-state index in [4.69, 9.17) is 4.74 Å². The minimum absolute atomic E-state index is 0.0215. The molecule has 3 N–H and O–H groups in total. The third-order valence-electron chi connectivity index (χ3n) is 16.6. The zero-order chi connectivity index (χ0) is 55.0. The van der Waals surface area contributed by atoms with Gasteiger partial charge in [-0.2, -0.15) is 0 Å². The Kier molecular flexibility index (Phi) is 64.9. The molecule has 0 aromatic heterocycles. The van der Waals surface area contributed by atoms with Gasteiger partial charge in [-0.3, -0.25) is 9.59 Å². The third kappa shape index (κ3) is 61.8. The van der Waals surface area contributed by atoms with Crippen LogP contribution in [-0.2, 0) is 14.3 Å². The van der Waals surface area contributed by atoms with Crippen molar-refractivity contribution in [2.24, 2.45) is 0 Å². The second-order valence-corrected chi connectivity index (χ2v) is 24.2. The number of aliphatic hydroxyl groups is 2. The molecule has 0 bridgehead atoms. The molecule has 0 aliphatic carbocycles. The highest BCUT2D eigenvalue weighted by atomic mass is 16.5. The number of hydrogen-bond acceptors (Lipinski definition) is 5. The predicted octanol–water partition coefficient (Wildman–Crippen LogP) is 22.4. The molecule has 0 aliphatic rings. The zero-order valence-corrected chi connectivity index (χ0v) is 51.8. The number of nitrogens with one attached hydrogen (secondary N) is 1. The molecule has 1 amide bonds. The van der Waals surface area contributed by atoms with Gasteiger partial charge >= 0.3 is 5.97 Å². The van der Waals surface area contributed by atoms with E-state index in [-0.39, 0.29) is 18.5 Å². The summed E-state index contributed by atoms with van der Waals surface area (Å²) < 4.78 is 5.51. The Balaban J connectivity index is 3.33. The van der Waals surface area contributed by atoms with Gasteiger partial charge in [0.1, 0.15) is 0 Å². The number of aliphatic hydroxyl groups excluding tert-OH is 2. The molecule has 2 atom stereocenters. The van der Waals surface area contributed by atoms with E-state index in [1.807, 2.05) is 0 Å². The lowest BCUT2D eigenvalue weighted by molar-refractivity contribution is -0.143. The van der Waals surface area contributed by atoms with Crippen LogP contribution in [0.3, 0.4) is 0 Å². The van der Waals surface area contributed by atoms with Crippen LogP contribution in [-0.4, -0.2) is 47.4 Å². The second kappa shape index (κ2) is 66.1. The van der Waals surface area contributed by atoms with E-state index in [9.17, 15) is 19.8 Å². The first kappa shape index (κ1) is 74.6. The summed E-state index contributed by atoms with van der Waals surface area (Å²) in [6.07, 6.45) is 81.2. The van der Waals surface area contributed by atoms with E-state index in [0.29, 0.717) is 25.9 Å². The average molecular weight is 1070 g/mol.